The van der Waals surface area contributed by atoms with Crippen LogP contribution in [0.25, 0.3) is 0 Å². The number of primary amides is 1. The molecule has 22 heavy (non-hydrogen) atoms. The molecule has 1 heterocycles. The molecule has 1 aromatic carbocycles. The van der Waals surface area contributed by atoms with Crippen molar-refractivity contribution < 1.29 is 14.7 Å². The van der Waals surface area contributed by atoms with Crippen LogP contribution in [-0.2, 0) is 0 Å². The molecular weight excluding hydrogens is 306 g/mol. The van der Waals surface area contributed by atoms with Crippen LogP contribution in [-0.4, -0.2) is 40.1 Å². The number of nitrogens with zero attached hydrogens (tertiary/aromatic N) is 1. The van der Waals surface area contributed by atoms with E-state index in [0.29, 0.717) is 12.2 Å². The number of amides is 3. The van der Waals surface area contributed by atoms with Crippen LogP contribution in [0, 0.1) is 0 Å². The molecule has 0 spiro atoms. The molecule has 6 nitrogen and oxygen atoms in total. The summed E-state index contributed by atoms with van der Waals surface area (Å²) in [7, 11) is 0. The minimum atomic E-state index is -0.957. The van der Waals surface area contributed by atoms with E-state index in [1.165, 1.54) is 12.1 Å². The van der Waals surface area contributed by atoms with Gasteiger partial charge in [-0.3, -0.25) is 4.79 Å². The lowest BCUT2D eigenvalue weighted by molar-refractivity contribution is 0.0117. The van der Waals surface area contributed by atoms with Gasteiger partial charge >= 0.3 is 6.03 Å². The van der Waals surface area contributed by atoms with Gasteiger partial charge in [-0.2, -0.15) is 0 Å². The van der Waals surface area contributed by atoms with Gasteiger partial charge in [0.05, 0.1) is 22.2 Å². The van der Waals surface area contributed by atoms with E-state index in [1.54, 1.807) is 24.8 Å². The molecule has 2 rings (SSSR count). The molecule has 1 aliphatic rings. The quantitative estimate of drug-likeness (QED) is 0.795. The molecule has 4 N–H and O–H groups in total. The van der Waals surface area contributed by atoms with Gasteiger partial charge in [-0.25, -0.2) is 4.79 Å². The fourth-order valence-electron chi connectivity index (χ4n) is 2.73. The number of carbonyl (C=O) groups is 2. The summed E-state index contributed by atoms with van der Waals surface area (Å²) >= 11 is 5.96. The molecule has 7 heteroatoms. The van der Waals surface area contributed by atoms with Crippen LogP contribution in [0.3, 0.4) is 0 Å². The summed E-state index contributed by atoms with van der Waals surface area (Å²) in [4.78, 5) is 25.1. The summed E-state index contributed by atoms with van der Waals surface area (Å²) in [6.07, 6.45) is 1.61. The van der Waals surface area contributed by atoms with Crippen molar-refractivity contribution in [3.8, 4) is 0 Å². The Hall–Kier alpha value is -1.79. The van der Waals surface area contributed by atoms with Gasteiger partial charge in [0.15, 0.2) is 0 Å². The summed E-state index contributed by atoms with van der Waals surface area (Å²) in [5.41, 5.74) is 4.91. The first kappa shape index (κ1) is 16.6. The maximum absolute atomic E-state index is 12.4. The number of nitrogens with one attached hydrogen (secondary N) is 1. The monoisotopic (exact) mass is 325 g/mol. The Morgan fingerprint density at radius 2 is 2.14 bits per heavy atom. The number of anilines is 1. The molecule has 1 fully saturated rings. The molecule has 0 bridgehead atoms. The first-order valence-corrected chi connectivity index (χ1v) is 7.47. The van der Waals surface area contributed by atoms with Crippen LogP contribution in [0.15, 0.2) is 18.2 Å². The van der Waals surface area contributed by atoms with Crippen molar-refractivity contribution in [2.45, 2.75) is 38.3 Å². The summed E-state index contributed by atoms with van der Waals surface area (Å²) in [5.74, 6) is -0.621. The molecule has 1 aromatic rings. The number of nitrogens with two attached hydrogens (primary N) is 1. The minimum Gasteiger partial charge on any atom is -0.388 e. The van der Waals surface area contributed by atoms with Crippen molar-refractivity contribution in [1.82, 2.24) is 4.90 Å². The molecule has 120 valence electrons. The maximum Gasteiger partial charge on any atom is 0.322 e. The number of hydrogen-bond donors (Lipinski definition) is 3. The van der Waals surface area contributed by atoms with Gasteiger partial charge in [0.2, 0.25) is 5.91 Å². The number of urea groups is 1. The van der Waals surface area contributed by atoms with Crippen LogP contribution in [0.1, 0.15) is 37.0 Å². The standard InChI is InChI=1S/C15H20ClN3O3/c1-15(2,22)12-4-3-7-19(12)14(21)18-9-5-6-10(13(17)20)11(16)8-9/h5-6,8,12,22H,3-4,7H2,1-2H3,(H2,17,20)(H,18,21)/t12-/m0/s1. The highest BCUT2D eigenvalue weighted by molar-refractivity contribution is 6.34. The molecule has 1 saturated heterocycles. The van der Waals surface area contributed by atoms with Crippen LogP contribution in [0.4, 0.5) is 10.5 Å². The third-order valence-electron chi connectivity index (χ3n) is 3.81. The Morgan fingerprint density at radius 3 is 2.68 bits per heavy atom. The van der Waals surface area contributed by atoms with Crippen molar-refractivity contribution in [1.29, 1.82) is 0 Å². The normalized spacial score (nSPS) is 18.4. The Kier molecular flexibility index (Phi) is 4.63. The Labute approximate surface area is 134 Å². The molecule has 0 unspecified atom stereocenters. The number of benzene rings is 1. The van der Waals surface area contributed by atoms with E-state index in [4.69, 9.17) is 17.3 Å². The molecule has 1 atom stereocenters. The molecule has 0 radical (unpaired) electrons. The smallest absolute Gasteiger partial charge is 0.322 e. The predicted octanol–water partition coefficient (Wildman–Crippen LogP) is 2.21. The van der Waals surface area contributed by atoms with Crippen molar-refractivity contribution in [3.63, 3.8) is 0 Å². The van der Waals surface area contributed by atoms with E-state index in [0.717, 1.165) is 12.8 Å². The largest absolute Gasteiger partial charge is 0.388 e. The second kappa shape index (κ2) is 6.14. The fourth-order valence-corrected chi connectivity index (χ4v) is 3.01. The molecule has 3 amide bonds. The van der Waals surface area contributed by atoms with Crippen molar-refractivity contribution in [2.75, 3.05) is 11.9 Å². The van der Waals surface area contributed by atoms with Crippen molar-refractivity contribution >= 4 is 29.2 Å². The molecule has 0 saturated carbocycles. The lowest BCUT2D eigenvalue weighted by Crippen LogP contribution is -2.49. The summed E-state index contributed by atoms with van der Waals surface area (Å²) in [6.45, 7) is 3.98. The zero-order valence-corrected chi connectivity index (χ0v) is 13.4. The summed E-state index contributed by atoms with van der Waals surface area (Å²) in [5, 5.41) is 13.1. The van der Waals surface area contributed by atoms with E-state index < -0.39 is 11.5 Å². The van der Waals surface area contributed by atoms with Crippen LogP contribution >= 0.6 is 11.6 Å². The van der Waals surface area contributed by atoms with E-state index in [2.05, 4.69) is 5.32 Å². The second-order valence-corrected chi connectivity index (χ2v) is 6.40. The lowest BCUT2D eigenvalue weighted by Gasteiger charge is -2.33. The van der Waals surface area contributed by atoms with E-state index in [-0.39, 0.29) is 22.7 Å². The number of halogens is 1. The maximum atomic E-state index is 12.4. The number of likely N-dealkylation sites (tertiary alicyclic amines) is 1. The minimum absolute atomic E-state index is 0.186. The highest BCUT2D eigenvalue weighted by atomic mass is 35.5. The Balaban J connectivity index is 2.12. The first-order valence-electron chi connectivity index (χ1n) is 7.09. The third kappa shape index (κ3) is 3.51. The Morgan fingerprint density at radius 1 is 1.45 bits per heavy atom. The van der Waals surface area contributed by atoms with Gasteiger partial charge in [0.25, 0.3) is 0 Å². The predicted molar refractivity (Wildman–Crippen MR) is 85.0 cm³/mol. The molecule has 1 aliphatic heterocycles. The van der Waals surface area contributed by atoms with Gasteiger partial charge in [-0.1, -0.05) is 11.6 Å². The average molecular weight is 326 g/mol. The van der Waals surface area contributed by atoms with Crippen molar-refractivity contribution in [2.24, 2.45) is 5.73 Å². The number of carbonyl (C=O) groups excluding carboxylic acids is 2. The second-order valence-electron chi connectivity index (χ2n) is 5.99. The molecule has 0 aromatic heterocycles. The van der Waals surface area contributed by atoms with Crippen LogP contribution in [0.2, 0.25) is 5.02 Å². The zero-order valence-electron chi connectivity index (χ0n) is 12.6. The highest BCUT2D eigenvalue weighted by Crippen LogP contribution is 2.28. The number of rotatable bonds is 3. The lowest BCUT2D eigenvalue weighted by atomic mass is 9.97. The van der Waals surface area contributed by atoms with E-state index >= 15 is 0 Å². The topological polar surface area (TPSA) is 95.7 Å². The van der Waals surface area contributed by atoms with Gasteiger partial charge in [-0.15, -0.1) is 0 Å². The van der Waals surface area contributed by atoms with E-state index in [9.17, 15) is 14.7 Å². The third-order valence-corrected chi connectivity index (χ3v) is 4.13. The average Bonchev–Trinajstić information content (AvgIpc) is 2.87. The fraction of sp³-hybridized carbons (Fsp3) is 0.467. The van der Waals surface area contributed by atoms with Crippen LogP contribution in [0.5, 0.6) is 0 Å². The first-order chi connectivity index (χ1) is 10.2. The summed E-state index contributed by atoms with van der Waals surface area (Å²) in [6, 6.07) is 3.99. The van der Waals surface area contributed by atoms with Gasteiger partial charge < -0.3 is 21.1 Å². The molecular formula is C15H20ClN3O3. The number of aliphatic hydroxyl groups is 1. The van der Waals surface area contributed by atoms with Gasteiger partial charge in [0.1, 0.15) is 0 Å². The zero-order chi connectivity index (χ0) is 16.5. The van der Waals surface area contributed by atoms with E-state index in [1.807, 2.05) is 0 Å². The van der Waals surface area contributed by atoms with Crippen molar-refractivity contribution in [3.05, 3.63) is 28.8 Å². The summed E-state index contributed by atoms with van der Waals surface area (Å²) < 4.78 is 0. The van der Waals surface area contributed by atoms with Gasteiger partial charge in [0, 0.05) is 12.2 Å². The van der Waals surface area contributed by atoms with Gasteiger partial charge in [-0.05, 0) is 44.9 Å². The number of hydrogen-bond acceptors (Lipinski definition) is 3. The van der Waals surface area contributed by atoms with Crippen LogP contribution < -0.4 is 11.1 Å². The molecule has 0 aliphatic carbocycles. The Bertz CT molecular complexity index is 598. The SMILES string of the molecule is CC(C)(O)[C@@H]1CCCN1C(=O)Nc1ccc(C(N)=O)c(Cl)c1. The highest BCUT2D eigenvalue weighted by Gasteiger charge is 2.38.